The van der Waals surface area contributed by atoms with E-state index in [1.165, 1.54) is 5.56 Å². The van der Waals surface area contributed by atoms with Crippen molar-refractivity contribution in [1.82, 2.24) is 5.43 Å². The number of guanidine groups is 1. The summed E-state index contributed by atoms with van der Waals surface area (Å²) in [6.07, 6.45) is 2.22. The lowest BCUT2D eigenvalue weighted by molar-refractivity contribution is 0.793. The van der Waals surface area contributed by atoms with E-state index < -0.39 is 0 Å². The molecule has 0 saturated heterocycles. The molecule has 0 spiro atoms. The van der Waals surface area contributed by atoms with Crippen LogP contribution in [0.1, 0.15) is 32.3 Å². The highest BCUT2D eigenvalue weighted by molar-refractivity contribution is 5.95. The number of benzene rings is 1. The van der Waals surface area contributed by atoms with E-state index in [-0.39, 0.29) is 0 Å². The summed E-state index contributed by atoms with van der Waals surface area (Å²) in [7, 11) is 0. The van der Waals surface area contributed by atoms with Crippen LogP contribution in [0.2, 0.25) is 0 Å². The average Bonchev–Trinajstić information content (AvgIpc) is 2.40. The van der Waals surface area contributed by atoms with Crippen molar-refractivity contribution in [1.29, 1.82) is 0 Å². The van der Waals surface area contributed by atoms with Crippen molar-refractivity contribution < 1.29 is 0 Å². The largest absolute Gasteiger partial charge is 0.312 e. The minimum Gasteiger partial charge on any atom is -0.312 e. The quantitative estimate of drug-likeness (QED) is 0.277. The highest BCUT2D eigenvalue weighted by atomic mass is 15.4. The Labute approximate surface area is 110 Å². The van der Waals surface area contributed by atoms with Gasteiger partial charge in [0, 0.05) is 18.8 Å². The summed E-state index contributed by atoms with van der Waals surface area (Å²) < 4.78 is 0. The molecule has 1 rings (SSSR count). The standard InChI is InChI=1S/C14H24N4/c1-4-6-11-16-14(17-15)18(5-2)13-9-7-12(3)8-10-13/h7-10H,4-6,11,15H2,1-3H3,(H,16,17). The third kappa shape index (κ3) is 4.04. The predicted molar refractivity (Wildman–Crippen MR) is 78.7 cm³/mol. The SMILES string of the molecule is CCCCN=C(NN)N(CC)c1ccc(C)cc1. The Morgan fingerprint density at radius 2 is 1.94 bits per heavy atom. The van der Waals surface area contributed by atoms with Gasteiger partial charge in [0.1, 0.15) is 0 Å². The minimum atomic E-state index is 0.731. The molecule has 0 radical (unpaired) electrons. The second-order valence-electron chi connectivity index (χ2n) is 4.28. The van der Waals surface area contributed by atoms with Gasteiger partial charge in [-0.05, 0) is 32.4 Å². The van der Waals surface area contributed by atoms with Crippen LogP contribution in [0, 0.1) is 6.92 Å². The zero-order chi connectivity index (χ0) is 13.4. The summed E-state index contributed by atoms with van der Waals surface area (Å²) in [5.41, 5.74) is 5.06. The molecule has 18 heavy (non-hydrogen) atoms. The van der Waals surface area contributed by atoms with Gasteiger partial charge >= 0.3 is 0 Å². The summed E-state index contributed by atoms with van der Waals surface area (Å²) in [6.45, 7) is 7.96. The van der Waals surface area contributed by atoms with Gasteiger partial charge in [-0.1, -0.05) is 31.0 Å². The maximum atomic E-state index is 5.58. The van der Waals surface area contributed by atoms with Crippen LogP contribution in [0.15, 0.2) is 29.3 Å². The van der Waals surface area contributed by atoms with Crippen LogP contribution in [-0.2, 0) is 0 Å². The maximum Gasteiger partial charge on any atom is 0.212 e. The van der Waals surface area contributed by atoms with Crippen molar-refractivity contribution >= 4 is 11.6 Å². The van der Waals surface area contributed by atoms with Crippen LogP contribution in [0.4, 0.5) is 5.69 Å². The highest BCUT2D eigenvalue weighted by Gasteiger charge is 2.09. The number of hydrogen-bond acceptors (Lipinski definition) is 2. The fourth-order valence-electron chi connectivity index (χ4n) is 1.73. The second kappa shape index (κ2) is 7.71. The van der Waals surface area contributed by atoms with Gasteiger partial charge in [0.05, 0.1) is 0 Å². The third-order valence-corrected chi connectivity index (χ3v) is 2.82. The molecule has 1 aromatic rings. The van der Waals surface area contributed by atoms with Gasteiger partial charge in [-0.2, -0.15) is 0 Å². The van der Waals surface area contributed by atoms with Crippen molar-refractivity contribution in [2.75, 3.05) is 18.0 Å². The maximum absolute atomic E-state index is 5.58. The predicted octanol–water partition coefficient (Wildman–Crippen LogP) is 2.44. The summed E-state index contributed by atoms with van der Waals surface area (Å²) in [6, 6.07) is 8.37. The van der Waals surface area contributed by atoms with Crippen molar-refractivity contribution in [2.45, 2.75) is 33.6 Å². The van der Waals surface area contributed by atoms with Crippen molar-refractivity contribution in [3.05, 3.63) is 29.8 Å². The number of hydrazine groups is 1. The lowest BCUT2D eigenvalue weighted by Crippen LogP contribution is -2.45. The number of nitrogens with zero attached hydrogens (tertiary/aromatic N) is 2. The molecular formula is C14H24N4. The first-order valence-corrected chi connectivity index (χ1v) is 6.58. The summed E-state index contributed by atoms with van der Waals surface area (Å²) >= 11 is 0. The molecule has 3 N–H and O–H groups in total. The molecular weight excluding hydrogens is 224 g/mol. The zero-order valence-electron chi connectivity index (χ0n) is 11.6. The van der Waals surface area contributed by atoms with E-state index in [2.05, 4.69) is 60.4 Å². The van der Waals surface area contributed by atoms with Crippen LogP contribution in [0.25, 0.3) is 0 Å². The molecule has 0 unspecified atom stereocenters. The van der Waals surface area contributed by atoms with Crippen LogP contribution in [0.3, 0.4) is 0 Å². The number of aliphatic imine (C=N–C) groups is 1. The Morgan fingerprint density at radius 1 is 1.28 bits per heavy atom. The number of unbranched alkanes of at least 4 members (excludes halogenated alkanes) is 1. The lowest BCUT2D eigenvalue weighted by Gasteiger charge is -2.24. The van der Waals surface area contributed by atoms with Crippen LogP contribution in [-0.4, -0.2) is 19.0 Å². The van der Waals surface area contributed by atoms with E-state index in [0.29, 0.717) is 0 Å². The molecule has 0 fully saturated rings. The first-order chi connectivity index (χ1) is 8.72. The van der Waals surface area contributed by atoms with Gasteiger partial charge in [-0.25, -0.2) is 5.84 Å². The fraction of sp³-hybridized carbons (Fsp3) is 0.500. The first-order valence-electron chi connectivity index (χ1n) is 6.58. The molecule has 0 aromatic heterocycles. The molecule has 0 heterocycles. The number of nitrogens with two attached hydrogens (primary N) is 1. The molecule has 100 valence electrons. The van der Waals surface area contributed by atoms with Gasteiger partial charge in [0.25, 0.3) is 0 Å². The molecule has 0 atom stereocenters. The van der Waals surface area contributed by atoms with Gasteiger partial charge < -0.3 is 4.90 Å². The Kier molecular flexibility index (Phi) is 6.22. The topological polar surface area (TPSA) is 53.6 Å². The number of hydrogen-bond donors (Lipinski definition) is 2. The molecule has 4 nitrogen and oxygen atoms in total. The molecule has 0 aliphatic carbocycles. The van der Waals surface area contributed by atoms with Gasteiger partial charge in [0.2, 0.25) is 5.96 Å². The fourth-order valence-corrected chi connectivity index (χ4v) is 1.73. The van der Waals surface area contributed by atoms with Crippen LogP contribution in [0.5, 0.6) is 0 Å². The molecule has 0 saturated carbocycles. The molecule has 0 aliphatic rings. The number of anilines is 1. The minimum absolute atomic E-state index is 0.731. The zero-order valence-corrected chi connectivity index (χ0v) is 11.6. The van der Waals surface area contributed by atoms with Gasteiger partial charge in [-0.3, -0.25) is 10.4 Å². The number of nitrogens with one attached hydrogen (secondary N) is 1. The monoisotopic (exact) mass is 248 g/mol. The normalized spacial score (nSPS) is 11.4. The first kappa shape index (κ1) is 14.5. The average molecular weight is 248 g/mol. The van der Waals surface area contributed by atoms with E-state index in [4.69, 9.17) is 5.84 Å². The Balaban J connectivity index is 2.85. The number of aryl methyl sites for hydroxylation is 1. The molecule has 4 heteroatoms. The van der Waals surface area contributed by atoms with E-state index in [9.17, 15) is 0 Å². The molecule has 0 bridgehead atoms. The molecule has 0 amide bonds. The number of rotatable bonds is 5. The Bertz CT molecular complexity index is 370. The lowest BCUT2D eigenvalue weighted by atomic mass is 10.2. The van der Waals surface area contributed by atoms with Crippen LogP contribution >= 0.6 is 0 Å². The van der Waals surface area contributed by atoms with E-state index in [1.54, 1.807) is 0 Å². The summed E-state index contributed by atoms with van der Waals surface area (Å²) in [5, 5.41) is 0. The second-order valence-corrected chi connectivity index (χ2v) is 4.28. The van der Waals surface area contributed by atoms with Gasteiger partial charge in [0.15, 0.2) is 0 Å². The Morgan fingerprint density at radius 3 is 2.44 bits per heavy atom. The van der Waals surface area contributed by atoms with Crippen molar-refractivity contribution in [3.63, 3.8) is 0 Å². The smallest absolute Gasteiger partial charge is 0.212 e. The molecule has 0 aliphatic heterocycles. The van der Waals surface area contributed by atoms with E-state index in [1.807, 2.05) is 0 Å². The summed E-state index contributed by atoms with van der Waals surface area (Å²) in [5.74, 6) is 6.31. The highest BCUT2D eigenvalue weighted by Crippen LogP contribution is 2.14. The van der Waals surface area contributed by atoms with E-state index in [0.717, 1.165) is 37.6 Å². The van der Waals surface area contributed by atoms with Gasteiger partial charge in [-0.15, -0.1) is 0 Å². The van der Waals surface area contributed by atoms with Crippen molar-refractivity contribution in [2.24, 2.45) is 10.8 Å². The molecule has 1 aromatic carbocycles. The van der Waals surface area contributed by atoms with Crippen molar-refractivity contribution in [3.8, 4) is 0 Å². The van der Waals surface area contributed by atoms with E-state index >= 15 is 0 Å². The van der Waals surface area contributed by atoms with Crippen LogP contribution < -0.4 is 16.2 Å². The Hall–Kier alpha value is -1.55. The summed E-state index contributed by atoms with van der Waals surface area (Å²) in [4.78, 5) is 6.59. The third-order valence-electron chi connectivity index (χ3n) is 2.82.